The van der Waals surface area contributed by atoms with Crippen molar-refractivity contribution in [1.29, 1.82) is 0 Å². The highest BCUT2D eigenvalue weighted by molar-refractivity contribution is 5.78. The fraction of sp³-hybridized carbons (Fsp3) is 0.867. The molecule has 0 radical (unpaired) electrons. The van der Waals surface area contributed by atoms with E-state index >= 15 is 0 Å². The Morgan fingerprint density at radius 2 is 1.86 bits per heavy atom. The number of nitrogens with zero attached hydrogens (tertiary/aromatic N) is 2. The van der Waals surface area contributed by atoms with Crippen molar-refractivity contribution >= 4 is 12.0 Å². The number of rotatable bonds is 7. The zero-order chi connectivity index (χ0) is 16.0. The van der Waals surface area contributed by atoms with Gasteiger partial charge in [-0.15, -0.1) is 0 Å². The summed E-state index contributed by atoms with van der Waals surface area (Å²) in [5.41, 5.74) is -0.764. The van der Waals surface area contributed by atoms with Gasteiger partial charge in [-0.25, -0.2) is 4.79 Å². The van der Waals surface area contributed by atoms with Crippen LogP contribution < -0.4 is 5.32 Å². The van der Waals surface area contributed by atoms with Gasteiger partial charge in [0.05, 0.1) is 5.41 Å². The fourth-order valence-corrected chi connectivity index (χ4v) is 3.15. The first-order valence-corrected chi connectivity index (χ1v) is 7.75. The molecule has 122 valence electrons. The van der Waals surface area contributed by atoms with Gasteiger partial charge in [0.2, 0.25) is 0 Å². The van der Waals surface area contributed by atoms with E-state index in [0.29, 0.717) is 19.4 Å². The zero-order valence-electron chi connectivity index (χ0n) is 13.7. The molecule has 0 heterocycles. The van der Waals surface area contributed by atoms with Crippen LogP contribution in [0.1, 0.15) is 39.5 Å². The Balaban J connectivity index is 2.60. The maximum atomic E-state index is 12.3. The Morgan fingerprint density at radius 1 is 1.29 bits per heavy atom. The Bertz CT molecular complexity index is 365. The summed E-state index contributed by atoms with van der Waals surface area (Å²) >= 11 is 0. The maximum Gasteiger partial charge on any atom is 0.317 e. The molecule has 1 aliphatic carbocycles. The lowest BCUT2D eigenvalue weighted by Gasteiger charge is -2.32. The number of hydrogen-bond donors (Lipinski definition) is 2. The van der Waals surface area contributed by atoms with E-state index in [0.717, 1.165) is 19.4 Å². The highest BCUT2D eigenvalue weighted by Crippen LogP contribution is 2.37. The summed E-state index contributed by atoms with van der Waals surface area (Å²) in [4.78, 5) is 27.6. The number of carboxylic acid groups (broad SMARTS) is 1. The normalized spacial score (nSPS) is 18.5. The minimum atomic E-state index is -0.787. The van der Waals surface area contributed by atoms with Crippen LogP contribution in [0.4, 0.5) is 4.79 Å². The second-order valence-corrected chi connectivity index (χ2v) is 6.35. The average Bonchev–Trinajstić information content (AvgIpc) is 2.86. The minimum Gasteiger partial charge on any atom is -0.481 e. The van der Waals surface area contributed by atoms with Crippen molar-refractivity contribution in [3.8, 4) is 0 Å². The predicted molar refractivity (Wildman–Crippen MR) is 82.3 cm³/mol. The van der Waals surface area contributed by atoms with Crippen LogP contribution in [0.3, 0.4) is 0 Å². The van der Waals surface area contributed by atoms with Crippen LogP contribution in [0.15, 0.2) is 0 Å². The second-order valence-electron chi connectivity index (χ2n) is 6.35. The number of likely N-dealkylation sites (N-methyl/N-ethyl adjacent to an activating group) is 2. The van der Waals surface area contributed by atoms with E-state index in [1.54, 1.807) is 4.90 Å². The zero-order valence-corrected chi connectivity index (χ0v) is 13.7. The van der Waals surface area contributed by atoms with Crippen LogP contribution in [0.5, 0.6) is 0 Å². The van der Waals surface area contributed by atoms with Crippen molar-refractivity contribution in [1.82, 2.24) is 15.1 Å². The number of carboxylic acids is 1. The Hall–Kier alpha value is -1.30. The molecule has 1 rings (SSSR count). The van der Waals surface area contributed by atoms with E-state index in [1.807, 2.05) is 32.8 Å². The van der Waals surface area contributed by atoms with Crippen LogP contribution in [0.2, 0.25) is 0 Å². The number of aliphatic carboxylic acids is 1. The smallest absolute Gasteiger partial charge is 0.317 e. The van der Waals surface area contributed by atoms with E-state index in [2.05, 4.69) is 5.32 Å². The van der Waals surface area contributed by atoms with Gasteiger partial charge in [0.15, 0.2) is 0 Å². The van der Waals surface area contributed by atoms with Gasteiger partial charge in [0.25, 0.3) is 0 Å². The minimum absolute atomic E-state index is 0.0920. The van der Waals surface area contributed by atoms with Crippen molar-refractivity contribution < 1.29 is 14.7 Å². The fourth-order valence-electron chi connectivity index (χ4n) is 3.15. The third kappa shape index (κ3) is 4.59. The van der Waals surface area contributed by atoms with Crippen molar-refractivity contribution in [3.63, 3.8) is 0 Å². The average molecular weight is 299 g/mol. The molecular weight excluding hydrogens is 270 g/mol. The van der Waals surface area contributed by atoms with E-state index in [9.17, 15) is 14.7 Å². The van der Waals surface area contributed by atoms with Gasteiger partial charge in [0.1, 0.15) is 0 Å². The van der Waals surface area contributed by atoms with Crippen molar-refractivity contribution in [2.24, 2.45) is 5.41 Å². The molecule has 0 aliphatic heterocycles. The molecule has 0 aromatic heterocycles. The highest BCUT2D eigenvalue weighted by atomic mass is 16.4. The van der Waals surface area contributed by atoms with Crippen LogP contribution in [0, 0.1) is 5.41 Å². The lowest BCUT2D eigenvalue weighted by molar-refractivity contribution is -0.148. The summed E-state index contributed by atoms with van der Waals surface area (Å²) in [6.07, 6.45) is 3.16. The molecule has 2 N–H and O–H groups in total. The molecular formula is C15H29N3O3. The molecule has 2 amide bonds. The molecule has 6 heteroatoms. The molecule has 0 aromatic carbocycles. The Morgan fingerprint density at radius 3 is 2.29 bits per heavy atom. The predicted octanol–water partition coefficient (Wildman–Crippen LogP) is 1.61. The summed E-state index contributed by atoms with van der Waals surface area (Å²) in [5.74, 6) is -0.787. The number of hydrogen-bond acceptors (Lipinski definition) is 3. The van der Waals surface area contributed by atoms with Gasteiger partial charge in [0, 0.05) is 25.7 Å². The van der Waals surface area contributed by atoms with Crippen LogP contribution in [-0.4, -0.2) is 66.7 Å². The molecule has 0 aromatic rings. The van der Waals surface area contributed by atoms with Crippen LogP contribution >= 0.6 is 0 Å². The maximum absolute atomic E-state index is 12.3. The Kier molecular flexibility index (Phi) is 6.45. The molecule has 0 spiro atoms. The number of urea groups is 1. The van der Waals surface area contributed by atoms with Gasteiger partial charge < -0.3 is 20.2 Å². The van der Waals surface area contributed by atoms with E-state index in [-0.39, 0.29) is 18.6 Å². The SMILES string of the molecule is CCN(C(=O)NCC1(C(=O)O)CCCC1)C(C)CN(C)C. The van der Waals surface area contributed by atoms with Gasteiger partial charge in [-0.1, -0.05) is 12.8 Å². The number of carbonyl (C=O) groups is 2. The molecule has 0 bridgehead atoms. The van der Waals surface area contributed by atoms with E-state index in [1.165, 1.54) is 0 Å². The molecule has 1 aliphatic rings. The van der Waals surface area contributed by atoms with Crippen molar-refractivity contribution in [3.05, 3.63) is 0 Å². The third-order valence-electron chi connectivity index (χ3n) is 4.36. The summed E-state index contributed by atoms with van der Waals surface area (Å²) in [6.45, 7) is 5.57. The van der Waals surface area contributed by atoms with Crippen molar-refractivity contribution in [2.45, 2.75) is 45.6 Å². The van der Waals surface area contributed by atoms with Crippen LogP contribution in [-0.2, 0) is 4.79 Å². The number of carbonyl (C=O) groups excluding carboxylic acids is 1. The van der Waals surface area contributed by atoms with Gasteiger partial charge in [-0.2, -0.15) is 0 Å². The standard InChI is InChI=1S/C15H29N3O3/c1-5-18(12(2)10-17(3)4)14(21)16-11-15(13(19)20)8-6-7-9-15/h12H,5-11H2,1-4H3,(H,16,21)(H,19,20). The first-order chi connectivity index (χ1) is 9.82. The van der Waals surface area contributed by atoms with E-state index in [4.69, 9.17) is 0 Å². The quantitative estimate of drug-likeness (QED) is 0.749. The lowest BCUT2D eigenvalue weighted by Crippen LogP contribution is -2.51. The molecule has 0 saturated heterocycles. The first-order valence-electron chi connectivity index (χ1n) is 7.75. The topological polar surface area (TPSA) is 72.9 Å². The lowest BCUT2D eigenvalue weighted by atomic mass is 9.86. The molecule has 6 nitrogen and oxygen atoms in total. The first kappa shape index (κ1) is 17.8. The second kappa shape index (κ2) is 7.64. The van der Waals surface area contributed by atoms with Crippen LogP contribution in [0.25, 0.3) is 0 Å². The van der Waals surface area contributed by atoms with Crippen molar-refractivity contribution in [2.75, 3.05) is 33.7 Å². The molecule has 21 heavy (non-hydrogen) atoms. The highest BCUT2D eigenvalue weighted by Gasteiger charge is 2.41. The Labute approximate surface area is 127 Å². The summed E-state index contributed by atoms with van der Waals surface area (Å²) in [5, 5.41) is 12.3. The van der Waals surface area contributed by atoms with Gasteiger partial charge >= 0.3 is 12.0 Å². The number of amides is 2. The number of nitrogens with one attached hydrogen (secondary N) is 1. The molecule has 1 fully saturated rings. The molecule has 1 saturated carbocycles. The molecule has 1 atom stereocenters. The van der Waals surface area contributed by atoms with Gasteiger partial charge in [-0.3, -0.25) is 4.79 Å². The summed E-state index contributed by atoms with van der Waals surface area (Å²) < 4.78 is 0. The summed E-state index contributed by atoms with van der Waals surface area (Å²) in [6, 6.07) is -0.0752. The summed E-state index contributed by atoms with van der Waals surface area (Å²) in [7, 11) is 3.94. The van der Waals surface area contributed by atoms with Gasteiger partial charge in [-0.05, 0) is 40.8 Å². The monoisotopic (exact) mass is 299 g/mol. The largest absolute Gasteiger partial charge is 0.481 e. The molecule has 1 unspecified atom stereocenters. The third-order valence-corrected chi connectivity index (χ3v) is 4.36. The van der Waals surface area contributed by atoms with E-state index < -0.39 is 11.4 Å².